The summed E-state index contributed by atoms with van der Waals surface area (Å²) in [5, 5.41) is 3.53. The standard InChI is InChI=1S/C16H27NO2/c1-4-6-11-19-13-16(17-10-5-2)14-8-7-9-15(12-14)18-3/h7-9,12,16-17H,4-6,10-11,13H2,1-3H3. The molecule has 0 aromatic heterocycles. The van der Waals surface area contributed by atoms with Crippen molar-refractivity contribution in [2.75, 3.05) is 26.9 Å². The van der Waals surface area contributed by atoms with Crippen LogP contribution in [-0.4, -0.2) is 26.9 Å². The third-order valence-corrected chi connectivity index (χ3v) is 3.06. The van der Waals surface area contributed by atoms with E-state index in [1.54, 1.807) is 7.11 Å². The summed E-state index contributed by atoms with van der Waals surface area (Å²) >= 11 is 0. The van der Waals surface area contributed by atoms with Crippen molar-refractivity contribution in [3.63, 3.8) is 0 Å². The van der Waals surface area contributed by atoms with Crippen molar-refractivity contribution in [1.82, 2.24) is 5.32 Å². The Balaban J connectivity index is 2.60. The molecule has 0 fully saturated rings. The zero-order valence-electron chi connectivity index (χ0n) is 12.4. The summed E-state index contributed by atoms with van der Waals surface area (Å²) in [5.74, 6) is 0.898. The van der Waals surface area contributed by atoms with Gasteiger partial charge in [-0.2, -0.15) is 0 Å². The third kappa shape index (κ3) is 6.08. The predicted octanol–water partition coefficient (Wildman–Crippen LogP) is 3.55. The van der Waals surface area contributed by atoms with Crippen molar-refractivity contribution in [2.45, 2.75) is 39.2 Å². The Labute approximate surface area is 117 Å². The second-order valence-corrected chi connectivity index (χ2v) is 4.71. The zero-order valence-corrected chi connectivity index (χ0v) is 12.4. The van der Waals surface area contributed by atoms with Crippen LogP contribution >= 0.6 is 0 Å². The lowest BCUT2D eigenvalue weighted by atomic mass is 10.1. The average Bonchev–Trinajstić information content (AvgIpc) is 2.46. The maximum Gasteiger partial charge on any atom is 0.119 e. The normalized spacial score (nSPS) is 12.4. The highest BCUT2D eigenvalue weighted by molar-refractivity contribution is 5.30. The molecule has 1 N–H and O–H groups in total. The van der Waals surface area contributed by atoms with Gasteiger partial charge in [-0.15, -0.1) is 0 Å². The average molecular weight is 265 g/mol. The highest BCUT2D eigenvalue weighted by atomic mass is 16.5. The first-order valence-corrected chi connectivity index (χ1v) is 7.26. The monoisotopic (exact) mass is 265 g/mol. The van der Waals surface area contributed by atoms with Gasteiger partial charge >= 0.3 is 0 Å². The molecule has 0 saturated carbocycles. The van der Waals surface area contributed by atoms with Crippen LogP contribution in [0.4, 0.5) is 0 Å². The molecule has 1 unspecified atom stereocenters. The maximum atomic E-state index is 5.76. The molecule has 0 bridgehead atoms. The van der Waals surface area contributed by atoms with Gasteiger partial charge in [-0.3, -0.25) is 0 Å². The van der Waals surface area contributed by atoms with E-state index in [1.165, 1.54) is 12.0 Å². The van der Waals surface area contributed by atoms with Gasteiger partial charge in [-0.05, 0) is 37.1 Å². The third-order valence-electron chi connectivity index (χ3n) is 3.06. The first-order valence-electron chi connectivity index (χ1n) is 7.26. The van der Waals surface area contributed by atoms with Crippen molar-refractivity contribution in [3.8, 4) is 5.75 Å². The van der Waals surface area contributed by atoms with E-state index in [-0.39, 0.29) is 6.04 Å². The van der Waals surface area contributed by atoms with E-state index in [2.05, 4.69) is 31.3 Å². The van der Waals surface area contributed by atoms with E-state index >= 15 is 0 Å². The Bertz CT molecular complexity index is 341. The van der Waals surface area contributed by atoms with E-state index in [1.807, 2.05) is 12.1 Å². The van der Waals surface area contributed by atoms with Crippen molar-refractivity contribution in [2.24, 2.45) is 0 Å². The summed E-state index contributed by atoms with van der Waals surface area (Å²) in [6, 6.07) is 8.45. The Morgan fingerprint density at radius 3 is 2.74 bits per heavy atom. The number of methoxy groups -OCH3 is 1. The van der Waals surface area contributed by atoms with Gasteiger partial charge in [-0.25, -0.2) is 0 Å². The molecule has 0 aliphatic rings. The molecule has 1 aromatic rings. The van der Waals surface area contributed by atoms with Crippen molar-refractivity contribution in [3.05, 3.63) is 29.8 Å². The van der Waals surface area contributed by atoms with Gasteiger partial charge in [0.2, 0.25) is 0 Å². The number of ether oxygens (including phenoxy) is 2. The molecule has 0 heterocycles. The number of unbranched alkanes of at least 4 members (excludes halogenated alkanes) is 1. The van der Waals surface area contributed by atoms with Gasteiger partial charge in [0.25, 0.3) is 0 Å². The Morgan fingerprint density at radius 1 is 1.21 bits per heavy atom. The number of benzene rings is 1. The Kier molecular flexibility index (Phi) is 8.26. The fourth-order valence-electron chi connectivity index (χ4n) is 1.90. The van der Waals surface area contributed by atoms with Crippen LogP contribution < -0.4 is 10.1 Å². The number of hydrogen-bond donors (Lipinski definition) is 1. The fraction of sp³-hybridized carbons (Fsp3) is 0.625. The molecule has 0 spiro atoms. The Hall–Kier alpha value is -1.06. The van der Waals surface area contributed by atoms with Crippen LogP contribution in [0.2, 0.25) is 0 Å². The molecular weight excluding hydrogens is 238 g/mol. The lowest BCUT2D eigenvalue weighted by molar-refractivity contribution is 0.109. The predicted molar refractivity (Wildman–Crippen MR) is 79.8 cm³/mol. The van der Waals surface area contributed by atoms with Crippen molar-refractivity contribution in [1.29, 1.82) is 0 Å². The molecule has 0 saturated heterocycles. The summed E-state index contributed by atoms with van der Waals surface area (Å²) in [6.45, 7) is 6.91. The SMILES string of the molecule is CCCCOCC(NCCC)c1cccc(OC)c1. The summed E-state index contributed by atoms with van der Waals surface area (Å²) < 4.78 is 11.0. The van der Waals surface area contributed by atoms with Crippen LogP contribution in [0, 0.1) is 0 Å². The molecule has 0 amide bonds. The Morgan fingerprint density at radius 2 is 2.05 bits per heavy atom. The highest BCUT2D eigenvalue weighted by Gasteiger charge is 2.11. The van der Waals surface area contributed by atoms with Crippen molar-refractivity contribution >= 4 is 0 Å². The number of nitrogens with one attached hydrogen (secondary N) is 1. The summed E-state index contributed by atoms with van der Waals surface area (Å²) in [4.78, 5) is 0. The van der Waals surface area contributed by atoms with Gasteiger partial charge in [0.05, 0.1) is 19.8 Å². The van der Waals surface area contributed by atoms with Gasteiger partial charge in [0.1, 0.15) is 5.75 Å². The molecule has 0 aliphatic heterocycles. The molecule has 108 valence electrons. The van der Waals surface area contributed by atoms with Crippen LogP contribution in [0.3, 0.4) is 0 Å². The lowest BCUT2D eigenvalue weighted by Crippen LogP contribution is -2.26. The topological polar surface area (TPSA) is 30.5 Å². The van der Waals surface area contributed by atoms with E-state index in [0.29, 0.717) is 6.61 Å². The minimum atomic E-state index is 0.243. The van der Waals surface area contributed by atoms with Gasteiger partial charge in [0.15, 0.2) is 0 Å². The molecule has 3 nitrogen and oxygen atoms in total. The first kappa shape index (κ1) is 16.0. The largest absolute Gasteiger partial charge is 0.497 e. The number of rotatable bonds is 10. The minimum Gasteiger partial charge on any atom is -0.497 e. The molecule has 19 heavy (non-hydrogen) atoms. The molecule has 1 aromatic carbocycles. The summed E-state index contributed by atoms with van der Waals surface area (Å²) in [5.41, 5.74) is 1.23. The number of hydrogen-bond acceptors (Lipinski definition) is 3. The van der Waals surface area contributed by atoms with Crippen molar-refractivity contribution < 1.29 is 9.47 Å². The van der Waals surface area contributed by atoms with Crippen LogP contribution in [-0.2, 0) is 4.74 Å². The lowest BCUT2D eigenvalue weighted by Gasteiger charge is -2.19. The van der Waals surface area contributed by atoms with E-state index in [0.717, 1.165) is 31.7 Å². The molecule has 3 heteroatoms. The first-order chi connectivity index (χ1) is 9.31. The second-order valence-electron chi connectivity index (χ2n) is 4.71. The summed E-state index contributed by atoms with van der Waals surface area (Å²) in [6.07, 6.45) is 3.42. The van der Waals surface area contributed by atoms with Crippen LogP contribution in [0.15, 0.2) is 24.3 Å². The summed E-state index contributed by atoms with van der Waals surface area (Å²) in [7, 11) is 1.70. The van der Waals surface area contributed by atoms with E-state index < -0.39 is 0 Å². The second kappa shape index (κ2) is 9.82. The molecule has 1 atom stereocenters. The van der Waals surface area contributed by atoms with Crippen LogP contribution in [0.5, 0.6) is 5.75 Å². The quantitative estimate of drug-likeness (QED) is 0.656. The minimum absolute atomic E-state index is 0.243. The van der Waals surface area contributed by atoms with E-state index in [9.17, 15) is 0 Å². The molecule has 0 aliphatic carbocycles. The maximum absolute atomic E-state index is 5.76. The van der Waals surface area contributed by atoms with E-state index in [4.69, 9.17) is 9.47 Å². The molecular formula is C16H27NO2. The molecule has 0 radical (unpaired) electrons. The van der Waals surface area contributed by atoms with Gasteiger partial charge < -0.3 is 14.8 Å². The zero-order chi connectivity index (χ0) is 13.9. The fourth-order valence-corrected chi connectivity index (χ4v) is 1.90. The smallest absolute Gasteiger partial charge is 0.119 e. The van der Waals surface area contributed by atoms with Gasteiger partial charge in [-0.1, -0.05) is 32.4 Å². The molecule has 1 rings (SSSR count). The van der Waals surface area contributed by atoms with Gasteiger partial charge in [0, 0.05) is 6.61 Å². The van der Waals surface area contributed by atoms with Crippen LogP contribution in [0.25, 0.3) is 0 Å². The van der Waals surface area contributed by atoms with Crippen LogP contribution in [0.1, 0.15) is 44.7 Å². The highest BCUT2D eigenvalue weighted by Crippen LogP contribution is 2.19.